The van der Waals surface area contributed by atoms with Crippen LogP contribution in [0.2, 0.25) is 6.04 Å². The minimum Gasteiger partial charge on any atom is -0.126 e. The molecule has 0 aromatic rings. The molecule has 0 aromatic heterocycles. The summed E-state index contributed by atoms with van der Waals surface area (Å²) in [6, 6.07) is -1.49. The Kier molecular flexibility index (Phi) is 19.2. The van der Waals surface area contributed by atoms with Crippen LogP contribution in [0.25, 0.3) is 0 Å². The zero-order valence-corrected chi connectivity index (χ0v) is 15.7. The Morgan fingerprint density at radius 2 is 0.889 bits per heavy atom. The molecule has 0 radical (unpaired) electrons. The molecule has 112 valence electrons. The average molecular weight is 334 g/mol. The minimum absolute atomic E-state index is 0.823. The van der Waals surface area contributed by atoms with Crippen molar-refractivity contribution in [1.29, 1.82) is 0 Å². The number of hydrogen-bond donors (Lipinski definition) is 0. The van der Waals surface area contributed by atoms with Crippen molar-refractivity contribution < 1.29 is 0 Å². The fraction of sp³-hybridized carbons (Fsp3) is 1.00. The molecule has 0 heterocycles. The van der Waals surface area contributed by atoms with Crippen molar-refractivity contribution in [2.24, 2.45) is 0 Å². The van der Waals surface area contributed by atoms with E-state index in [0.717, 1.165) is 12.5 Å². The molecule has 0 unspecified atom stereocenters. The molecular formula is C14H31Cl3Si. The fourth-order valence-electron chi connectivity index (χ4n) is 1.61. The number of hydrogen-bond acceptors (Lipinski definition) is 0. The topological polar surface area (TPSA) is 0 Å². The molecule has 18 heavy (non-hydrogen) atoms. The Morgan fingerprint density at radius 3 is 1.28 bits per heavy atom. The van der Waals surface area contributed by atoms with Crippen LogP contribution in [0.15, 0.2) is 0 Å². The molecule has 0 atom stereocenters. The van der Waals surface area contributed by atoms with Crippen LogP contribution in [0.1, 0.15) is 85.0 Å². The monoisotopic (exact) mass is 332 g/mol. The summed E-state index contributed by atoms with van der Waals surface area (Å²) in [4.78, 5) is 0. The van der Waals surface area contributed by atoms with E-state index in [1.54, 1.807) is 0 Å². The van der Waals surface area contributed by atoms with Gasteiger partial charge in [-0.05, 0) is 6.04 Å². The molecule has 0 bridgehead atoms. The van der Waals surface area contributed by atoms with Crippen molar-refractivity contribution in [3.05, 3.63) is 0 Å². The van der Waals surface area contributed by atoms with Crippen LogP contribution in [0.5, 0.6) is 0 Å². The van der Waals surface area contributed by atoms with Gasteiger partial charge in [0.05, 0.1) is 0 Å². The highest BCUT2D eigenvalue weighted by atomic mass is 35.8. The first-order valence-electron chi connectivity index (χ1n) is 7.54. The molecule has 0 spiro atoms. The third kappa shape index (κ3) is 25.8. The molecule has 0 fully saturated rings. The zero-order chi connectivity index (χ0) is 14.3. The summed E-state index contributed by atoms with van der Waals surface area (Å²) in [7, 11) is 0. The Morgan fingerprint density at radius 1 is 0.556 bits per heavy atom. The SMILES string of the molecule is CCCCCC.CCCCCCCC[Si](Cl)(Cl)Cl. The standard InChI is InChI=1S/C8H17Cl3Si.C6H14/c1-2-3-4-5-6-7-8-12(9,10)11;1-3-5-6-4-2/h2-8H2,1H3;3-6H2,1-2H3. The summed E-state index contributed by atoms with van der Waals surface area (Å²) < 4.78 is 0. The van der Waals surface area contributed by atoms with Gasteiger partial charge in [0.15, 0.2) is 0 Å². The van der Waals surface area contributed by atoms with Gasteiger partial charge >= 0.3 is 6.00 Å². The van der Waals surface area contributed by atoms with Crippen LogP contribution in [-0.2, 0) is 0 Å². The Balaban J connectivity index is 0. The lowest BCUT2D eigenvalue weighted by molar-refractivity contribution is 0.624. The number of unbranched alkanes of at least 4 members (excludes halogenated alkanes) is 8. The van der Waals surface area contributed by atoms with Crippen LogP contribution in [0.3, 0.4) is 0 Å². The smallest absolute Gasteiger partial charge is 0.126 e. The number of halogens is 3. The molecule has 0 N–H and O–H groups in total. The van der Waals surface area contributed by atoms with Crippen molar-refractivity contribution >= 4 is 39.2 Å². The predicted molar refractivity (Wildman–Crippen MR) is 91.3 cm³/mol. The normalized spacial score (nSPS) is 11.0. The average Bonchev–Trinajstić information content (AvgIpc) is 2.30. The van der Waals surface area contributed by atoms with E-state index in [9.17, 15) is 0 Å². The van der Waals surface area contributed by atoms with Gasteiger partial charge in [0.25, 0.3) is 0 Å². The van der Waals surface area contributed by atoms with Gasteiger partial charge in [-0.2, -0.15) is 0 Å². The summed E-state index contributed by atoms with van der Waals surface area (Å²) in [6.45, 7) is 6.68. The summed E-state index contributed by atoms with van der Waals surface area (Å²) in [6.07, 6.45) is 13.1. The third-order valence-electron chi connectivity index (χ3n) is 2.77. The lowest BCUT2D eigenvalue weighted by atomic mass is 10.1. The van der Waals surface area contributed by atoms with Crippen molar-refractivity contribution in [3.8, 4) is 0 Å². The molecule has 0 aliphatic rings. The molecule has 0 saturated carbocycles. The maximum atomic E-state index is 5.74. The van der Waals surface area contributed by atoms with Crippen LogP contribution < -0.4 is 0 Å². The molecule has 0 aliphatic carbocycles. The van der Waals surface area contributed by atoms with Gasteiger partial charge in [0.2, 0.25) is 0 Å². The first-order chi connectivity index (χ1) is 8.47. The largest absolute Gasteiger partial charge is 0.341 e. The highest BCUT2D eigenvalue weighted by Gasteiger charge is 2.23. The lowest BCUT2D eigenvalue weighted by Gasteiger charge is -2.06. The molecule has 0 saturated heterocycles. The molecule has 0 aliphatic heterocycles. The van der Waals surface area contributed by atoms with Crippen molar-refractivity contribution in [2.75, 3.05) is 0 Å². The van der Waals surface area contributed by atoms with Gasteiger partial charge in [0.1, 0.15) is 0 Å². The summed E-state index contributed by atoms with van der Waals surface area (Å²) >= 11 is 17.2. The van der Waals surface area contributed by atoms with E-state index < -0.39 is 6.00 Å². The van der Waals surface area contributed by atoms with E-state index in [0.29, 0.717) is 0 Å². The van der Waals surface area contributed by atoms with Gasteiger partial charge < -0.3 is 0 Å². The van der Waals surface area contributed by atoms with Crippen LogP contribution in [0.4, 0.5) is 0 Å². The van der Waals surface area contributed by atoms with E-state index in [-0.39, 0.29) is 0 Å². The van der Waals surface area contributed by atoms with E-state index in [1.165, 1.54) is 57.8 Å². The lowest BCUT2D eigenvalue weighted by Crippen LogP contribution is -2.07. The van der Waals surface area contributed by atoms with E-state index >= 15 is 0 Å². The van der Waals surface area contributed by atoms with Gasteiger partial charge in [-0.1, -0.05) is 85.0 Å². The summed E-state index contributed by atoms with van der Waals surface area (Å²) in [5, 5.41) is 0. The zero-order valence-electron chi connectivity index (χ0n) is 12.4. The molecule has 0 aromatic carbocycles. The van der Waals surface area contributed by atoms with E-state index in [1.807, 2.05) is 0 Å². The Hall–Kier alpha value is 1.09. The van der Waals surface area contributed by atoms with Crippen LogP contribution in [-0.4, -0.2) is 6.00 Å². The van der Waals surface area contributed by atoms with Crippen LogP contribution >= 0.6 is 33.2 Å². The number of rotatable bonds is 10. The summed E-state index contributed by atoms with van der Waals surface area (Å²) in [5.74, 6) is 0. The van der Waals surface area contributed by atoms with Crippen molar-refractivity contribution in [1.82, 2.24) is 0 Å². The highest BCUT2D eigenvalue weighted by Crippen LogP contribution is 2.27. The second-order valence-corrected chi connectivity index (χ2v) is 14.1. The minimum atomic E-state index is -2.31. The first kappa shape index (κ1) is 21.4. The van der Waals surface area contributed by atoms with E-state index in [2.05, 4.69) is 20.8 Å². The maximum Gasteiger partial charge on any atom is 0.341 e. The van der Waals surface area contributed by atoms with E-state index in [4.69, 9.17) is 33.2 Å². The van der Waals surface area contributed by atoms with Crippen LogP contribution in [0, 0.1) is 0 Å². The van der Waals surface area contributed by atoms with Gasteiger partial charge in [-0.25, -0.2) is 0 Å². The third-order valence-corrected chi connectivity index (χ3v) is 5.39. The van der Waals surface area contributed by atoms with Gasteiger partial charge in [0, 0.05) is 0 Å². The quantitative estimate of drug-likeness (QED) is 0.219. The van der Waals surface area contributed by atoms with Crippen molar-refractivity contribution in [2.45, 2.75) is 91.0 Å². The van der Waals surface area contributed by atoms with Gasteiger partial charge in [-0.15, -0.1) is 33.2 Å². The first-order valence-corrected chi connectivity index (χ1v) is 12.8. The van der Waals surface area contributed by atoms with Crippen molar-refractivity contribution in [3.63, 3.8) is 0 Å². The molecule has 0 nitrogen and oxygen atoms in total. The maximum absolute atomic E-state index is 5.74. The molecular weight excluding hydrogens is 303 g/mol. The van der Waals surface area contributed by atoms with Gasteiger partial charge in [-0.3, -0.25) is 0 Å². The fourth-order valence-corrected chi connectivity index (χ4v) is 3.46. The molecule has 4 heteroatoms. The highest BCUT2D eigenvalue weighted by molar-refractivity contribution is 7.64. The molecule has 0 amide bonds. The Labute approximate surface area is 130 Å². The summed E-state index contributed by atoms with van der Waals surface area (Å²) in [5.41, 5.74) is 0. The predicted octanol–water partition coefficient (Wildman–Crippen LogP) is 7.59. The Bertz CT molecular complexity index is 142. The second-order valence-electron chi connectivity index (χ2n) is 4.84. The molecule has 0 rings (SSSR count). The second kappa shape index (κ2) is 16.1.